The van der Waals surface area contributed by atoms with Crippen molar-refractivity contribution in [3.63, 3.8) is 0 Å². The van der Waals surface area contributed by atoms with Crippen LogP contribution in [0.15, 0.2) is 91.0 Å². The normalized spacial score (nSPS) is 12.7. The Morgan fingerprint density at radius 1 is 0.484 bits per heavy atom. The first-order valence-corrected chi connectivity index (χ1v) is 12.1. The predicted molar refractivity (Wildman–Crippen MR) is 133 cm³/mol. The van der Waals surface area contributed by atoms with Gasteiger partial charge in [0.05, 0.1) is 0 Å². The largest absolute Gasteiger partial charge is 0.180 e. The van der Waals surface area contributed by atoms with Crippen LogP contribution in [-0.2, 0) is 0 Å². The number of rotatable bonds is 2. The lowest BCUT2D eigenvalue weighted by Crippen LogP contribution is -2.72. The third-order valence-electron chi connectivity index (χ3n) is 6.14. The van der Waals surface area contributed by atoms with Crippen molar-refractivity contribution in [2.24, 2.45) is 0 Å². The molecule has 1 aliphatic heterocycles. The highest BCUT2D eigenvalue weighted by atomic mass is 28.3. The average Bonchev–Trinajstić information content (AvgIpc) is 3.14. The number of benzene rings is 4. The molecule has 31 heavy (non-hydrogen) atoms. The summed E-state index contributed by atoms with van der Waals surface area (Å²) >= 11 is 0. The number of terminal acetylenes is 3. The van der Waals surface area contributed by atoms with E-state index >= 15 is 0 Å². The Morgan fingerprint density at radius 2 is 1.00 bits per heavy atom. The van der Waals surface area contributed by atoms with Gasteiger partial charge in [-0.2, -0.15) is 0 Å². The summed E-state index contributed by atoms with van der Waals surface area (Å²) < 4.78 is 0. The van der Waals surface area contributed by atoms with Crippen LogP contribution >= 0.6 is 0 Å². The Morgan fingerprint density at radius 3 is 1.55 bits per heavy atom. The zero-order valence-corrected chi connectivity index (χ0v) is 17.9. The van der Waals surface area contributed by atoms with Crippen molar-refractivity contribution in [3.8, 4) is 48.2 Å². The van der Waals surface area contributed by atoms with Crippen LogP contribution in [0.5, 0.6) is 0 Å². The van der Waals surface area contributed by atoms with Crippen molar-refractivity contribution in [2.45, 2.75) is 0 Å². The number of hydrogen-bond donors (Lipinski definition) is 0. The van der Waals surface area contributed by atoms with E-state index in [2.05, 4.69) is 90.6 Å². The van der Waals surface area contributed by atoms with Crippen molar-refractivity contribution in [2.75, 3.05) is 0 Å². The van der Waals surface area contributed by atoms with Crippen LogP contribution in [0.4, 0.5) is 0 Å². The number of hydrogen-bond acceptors (Lipinski definition) is 0. The Balaban J connectivity index is 1.98. The van der Waals surface area contributed by atoms with E-state index in [0.717, 1.165) is 16.7 Å². The molecule has 1 aliphatic rings. The molecule has 5 rings (SSSR count). The quantitative estimate of drug-likeness (QED) is 0.312. The predicted octanol–water partition coefficient (Wildman–Crippen LogP) is 2.99. The van der Waals surface area contributed by atoms with Gasteiger partial charge in [-0.1, -0.05) is 72.4 Å². The molecule has 0 aromatic heterocycles. The molecule has 0 aliphatic carbocycles. The van der Waals surface area contributed by atoms with Crippen LogP contribution in [0.3, 0.4) is 0 Å². The van der Waals surface area contributed by atoms with E-state index in [-0.39, 0.29) is 0 Å². The Labute approximate surface area is 184 Å². The van der Waals surface area contributed by atoms with Crippen molar-refractivity contribution < 1.29 is 0 Å². The van der Waals surface area contributed by atoms with Gasteiger partial charge in [-0.15, -0.1) is 19.3 Å². The van der Waals surface area contributed by atoms with Gasteiger partial charge in [-0.3, -0.25) is 0 Å². The van der Waals surface area contributed by atoms with E-state index in [0.29, 0.717) is 0 Å². The fraction of sp³-hybridized carbons (Fsp3) is 0. The maximum absolute atomic E-state index is 5.79. The molecule has 0 nitrogen and oxygen atoms in total. The summed E-state index contributed by atoms with van der Waals surface area (Å²) in [6.45, 7) is 0. The molecule has 0 radical (unpaired) electrons. The summed E-state index contributed by atoms with van der Waals surface area (Å²) in [5, 5.41) is 5.20. The molecule has 0 amide bonds. The zero-order valence-electron chi connectivity index (χ0n) is 16.9. The molecule has 0 N–H and O–H groups in total. The Bertz CT molecular complexity index is 1390. The summed E-state index contributed by atoms with van der Waals surface area (Å²) in [6, 6.07) is 31.9. The van der Waals surface area contributed by atoms with Crippen LogP contribution in [0.2, 0.25) is 0 Å². The van der Waals surface area contributed by atoms with Crippen LogP contribution in [0, 0.1) is 37.0 Å². The molecule has 4 aromatic carbocycles. The van der Waals surface area contributed by atoms with E-state index in [1.54, 1.807) is 0 Å². The smallest absolute Gasteiger partial charge is 0.115 e. The molecule has 0 atom stereocenters. The van der Waals surface area contributed by atoms with Gasteiger partial charge in [0.1, 0.15) is 0 Å². The highest BCUT2D eigenvalue weighted by molar-refractivity contribution is 7.22. The highest BCUT2D eigenvalue weighted by Gasteiger charge is 2.48. The minimum Gasteiger partial charge on any atom is -0.115 e. The Kier molecular flexibility index (Phi) is 4.38. The monoisotopic (exact) mass is 406 g/mol. The van der Waals surface area contributed by atoms with E-state index in [1.165, 1.54) is 31.9 Å². The zero-order chi connectivity index (χ0) is 21.4. The van der Waals surface area contributed by atoms with Crippen molar-refractivity contribution in [1.29, 1.82) is 0 Å². The van der Waals surface area contributed by atoms with Crippen molar-refractivity contribution in [1.82, 2.24) is 0 Å². The lowest BCUT2D eigenvalue weighted by atomic mass is 10.0. The van der Waals surface area contributed by atoms with Gasteiger partial charge in [0, 0.05) is 16.7 Å². The van der Waals surface area contributed by atoms with Gasteiger partial charge in [-0.25, -0.2) is 0 Å². The summed E-state index contributed by atoms with van der Waals surface area (Å²) in [5.41, 5.74) is 4.96. The van der Waals surface area contributed by atoms with E-state index in [1.807, 2.05) is 18.2 Å². The standard InChI is InChI=1S/C30H18Si/c1-4-22-11-10-14-26(19-22)31(25-12-8-7-9-13-25)29-17-15-23(5-2)20-27(29)28-21-24(6-3)16-18-30(28)31/h1-3,7-21H. The summed E-state index contributed by atoms with van der Waals surface area (Å²) in [5.74, 6) is 8.39. The molecule has 0 saturated heterocycles. The summed E-state index contributed by atoms with van der Waals surface area (Å²) in [6.07, 6.45) is 17.3. The van der Waals surface area contributed by atoms with Crippen LogP contribution in [-0.4, -0.2) is 8.07 Å². The van der Waals surface area contributed by atoms with Gasteiger partial charge < -0.3 is 0 Å². The highest BCUT2D eigenvalue weighted by Crippen LogP contribution is 2.30. The second-order valence-electron chi connectivity index (χ2n) is 7.65. The molecule has 0 bridgehead atoms. The molecular weight excluding hydrogens is 388 g/mol. The van der Waals surface area contributed by atoms with Crippen LogP contribution < -0.4 is 20.7 Å². The SMILES string of the molecule is C#Cc1cccc([Si]2(c3ccccc3)c3ccc(C#C)cc3-c3cc(C#C)ccc32)c1. The molecule has 0 fully saturated rings. The van der Waals surface area contributed by atoms with Crippen molar-refractivity contribution in [3.05, 3.63) is 108 Å². The first-order valence-electron chi connectivity index (χ1n) is 10.1. The summed E-state index contributed by atoms with van der Waals surface area (Å²) in [7, 11) is -2.58. The third-order valence-corrected chi connectivity index (χ3v) is 11.0. The number of fused-ring (bicyclic) bond motifs is 3. The molecule has 0 unspecified atom stereocenters. The van der Waals surface area contributed by atoms with Gasteiger partial charge in [0.2, 0.25) is 0 Å². The fourth-order valence-electron chi connectivity index (χ4n) is 4.83. The lowest BCUT2D eigenvalue weighted by molar-refractivity contribution is 1.64. The topological polar surface area (TPSA) is 0 Å². The van der Waals surface area contributed by atoms with E-state index < -0.39 is 8.07 Å². The van der Waals surface area contributed by atoms with Gasteiger partial charge in [0.15, 0.2) is 8.07 Å². The molecule has 0 saturated carbocycles. The van der Waals surface area contributed by atoms with Gasteiger partial charge in [-0.05, 0) is 68.3 Å². The van der Waals surface area contributed by atoms with E-state index in [9.17, 15) is 0 Å². The van der Waals surface area contributed by atoms with Gasteiger partial charge >= 0.3 is 0 Å². The minimum absolute atomic E-state index is 0.867. The Hall–Kier alpha value is -4.22. The fourth-order valence-corrected chi connectivity index (χ4v) is 10.00. The molecule has 0 spiro atoms. The maximum atomic E-state index is 5.79. The molecule has 1 heteroatoms. The lowest BCUT2D eigenvalue weighted by Gasteiger charge is -2.31. The van der Waals surface area contributed by atoms with Crippen LogP contribution in [0.1, 0.15) is 16.7 Å². The van der Waals surface area contributed by atoms with Crippen molar-refractivity contribution >= 4 is 28.8 Å². The summed E-state index contributed by atoms with van der Waals surface area (Å²) in [4.78, 5) is 0. The second-order valence-corrected chi connectivity index (χ2v) is 11.4. The molecule has 1 heterocycles. The maximum Gasteiger partial charge on any atom is 0.180 e. The average molecular weight is 407 g/mol. The molecule has 4 aromatic rings. The molecule has 142 valence electrons. The molecular formula is C30H18Si. The van der Waals surface area contributed by atoms with Gasteiger partial charge in [0.25, 0.3) is 0 Å². The first-order chi connectivity index (χ1) is 15.2. The van der Waals surface area contributed by atoms with Crippen LogP contribution in [0.25, 0.3) is 11.1 Å². The van der Waals surface area contributed by atoms with E-state index in [4.69, 9.17) is 19.3 Å². The first kappa shape index (κ1) is 18.8. The second kappa shape index (κ2) is 7.23. The minimum atomic E-state index is -2.58. The third kappa shape index (κ3) is 2.68.